The third-order valence-corrected chi connectivity index (χ3v) is 4.45. The van der Waals surface area contributed by atoms with Gasteiger partial charge in [-0.2, -0.15) is 39.5 Å². The number of halogens is 12. The zero-order valence-corrected chi connectivity index (χ0v) is 12.9. The Morgan fingerprint density at radius 1 is 0.714 bits per heavy atom. The molecule has 0 unspecified atom stereocenters. The lowest BCUT2D eigenvalue weighted by atomic mass is 10.0. The quantitative estimate of drug-likeness (QED) is 0.236. The van der Waals surface area contributed by atoms with Crippen LogP contribution in [0.3, 0.4) is 0 Å². The summed E-state index contributed by atoms with van der Waals surface area (Å²) in [4.78, 5) is 0. The smallest absolute Gasteiger partial charge is 0.200 e. The summed E-state index contributed by atoms with van der Waals surface area (Å²) < 4.78 is 111. The Morgan fingerprint density at radius 2 is 1.05 bits per heavy atom. The molecule has 0 aliphatic carbocycles. The van der Waals surface area contributed by atoms with Crippen molar-refractivity contribution in [2.75, 3.05) is 0 Å². The van der Waals surface area contributed by atoms with E-state index in [1.54, 1.807) is 0 Å². The van der Waals surface area contributed by atoms with E-state index in [1.807, 2.05) is 0 Å². The van der Waals surface area contributed by atoms with E-state index in [1.165, 1.54) is 0 Å². The fraction of sp³-hybridized carbons (Fsp3) is 0.750. The first-order chi connectivity index (χ1) is 8.96. The predicted octanol–water partition coefficient (Wildman–Crippen LogP) is 5.75. The van der Waals surface area contributed by atoms with Crippen LogP contribution in [0, 0.1) is 12.8 Å². The highest BCUT2D eigenvalue weighted by molar-refractivity contribution is 7.64. The van der Waals surface area contributed by atoms with Crippen molar-refractivity contribution in [3.8, 4) is 12.8 Å². The fourth-order valence-electron chi connectivity index (χ4n) is 0.863. The monoisotopic (exact) mass is 406 g/mol. The molecule has 0 fully saturated rings. The minimum atomic E-state index is -6.90. The van der Waals surface area contributed by atoms with Gasteiger partial charge >= 0.3 is 29.9 Å². The predicted molar refractivity (Wildman–Crippen MR) is 63.5 cm³/mol. The number of hydrogen-bond acceptors (Lipinski definition) is 0. The number of alkyl halides is 9. The van der Waals surface area contributed by atoms with Crippen molar-refractivity contribution < 1.29 is 39.5 Å². The average molecular weight is 408 g/mol. The van der Waals surface area contributed by atoms with Gasteiger partial charge in [-0.05, 0) is 6.04 Å². The fourth-order valence-corrected chi connectivity index (χ4v) is 2.31. The molecule has 0 amide bonds. The maximum Gasteiger partial charge on any atom is 0.460 e. The Balaban J connectivity index is 0. The van der Waals surface area contributed by atoms with E-state index in [0.717, 1.165) is 0 Å². The highest BCUT2D eigenvalue weighted by Gasteiger charge is 2.81. The molecule has 13 heteroatoms. The van der Waals surface area contributed by atoms with Crippen molar-refractivity contribution >= 4 is 39.2 Å². The second kappa shape index (κ2) is 7.06. The van der Waals surface area contributed by atoms with E-state index in [9.17, 15) is 39.5 Å². The maximum atomic E-state index is 12.9. The molecule has 0 atom stereocenters. The molecule has 0 heterocycles. The van der Waals surface area contributed by atoms with Crippen molar-refractivity contribution in [1.29, 1.82) is 0 Å². The Labute approximate surface area is 128 Å². The van der Waals surface area contributed by atoms with E-state index in [4.69, 9.17) is 33.2 Å². The molecule has 0 aromatic rings. The van der Waals surface area contributed by atoms with Gasteiger partial charge in [-0.15, -0.1) is 46.1 Å². The van der Waals surface area contributed by atoms with E-state index in [-0.39, 0.29) is 0 Å². The minimum Gasteiger partial charge on any atom is -0.200 e. The van der Waals surface area contributed by atoms with Crippen LogP contribution in [0.2, 0.25) is 6.04 Å². The van der Waals surface area contributed by atoms with Gasteiger partial charge in [0.25, 0.3) is 0 Å². The van der Waals surface area contributed by atoms with Gasteiger partial charge in [-0.25, -0.2) is 0 Å². The van der Waals surface area contributed by atoms with Crippen LogP contribution in [0.15, 0.2) is 0 Å². The van der Waals surface area contributed by atoms with Gasteiger partial charge in [0.15, 0.2) is 0 Å². The number of terminal acetylenes is 1. The second-order valence-corrected chi connectivity index (χ2v) is 12.7. The molecule has 0 aromatic carbocycles. The number of rotatable bonds is 5. The van der Waals surface area contributed by atoms with Gasteiger partial charge in [-0.1, -0.05) is 0 Å². The first-order valence-electron chi connectivity index (χ1n) is 4.56. The molecule has 21 heavy (non-hydrogen) atoms. The van der Waals surface area contributed by atoms with Crippen LogP contribution < -0.4 is 0 Å². The molecule has 0 rings (SSSR count). The molecule has 0 aliphatic rings. The number of hydrogen-bond donors (Lipinski definition) is 0. The van der Waals surface area contributed by atoms with E-state index < -0.39 is 42.4 Å². The molecule has 126 valence electrons. The summed E-state index contributed by atoms with van der Waals surface area (Å²) in [5.41, 5.74) is 0. The maximum absolute atomic E-state index is 12.9. The first kappa shape index (κ1) is 23.3. The third kappa shape index (κ3) is 5.62. The third-order valence-electron chi connectivity index (χ3n) is 1.93. The first-order valence-corrected chi connectivity index (χ1v) is 9.80. The van der Waals surface area contributed by atoms with E-state index in [0.29, 0.717) is 0 Å². The Hall–Kier alpha value is 0.0169. The summed E-state index contributed by atoms with van der Waals surface area (Å²) in [6.45, 7) is 0. The zero-order chi connectivity index (χ0) is 17.9. The largest absolute Gasteiger partial charge is 0.460 e. The van der Waals surface area contributed by atoms with Crippen molar-refractivity contribution in [2.24, 2.45) is 0 Å². The van der Waals surface area contributed by atoms with Gasteiger partial charge in [-0.3, -0.25) is 0 Å². The average Bonchev–Trinajstić information content (AvgIpc) is 2.26. The molecule has 0 nitrogen and oxygen atoms in total. The molecular formula is C8H6Cl3F9Si. The Kier molecular flexibility index (Phi) is 7.83. The highest BCUT2D eigenvalue weighted by atomic mass is 35.8. The normalized spacial score (nSPS) is 14.4. The summed E-state index contributed by atoms with van der Waals surface area (Å²) >= 11 is 15.2. The highest BCUT2D eigenvalue weighted by Crippen LogP contribution is 2.54. The Bertz CT molecular complexity index is 358. The van der Waals surface area contributed by atoms with Crippen LogP contribution in [0.1, 0.15) is 6.42 Å². The second-order valence-electron chi connectivity index (χ2n) is 3.47. The summed E-state index contributed by atoms with van der Waals surface area (Å²) in [6, 6.07) is -5.07. The van der Waals surface area contributed by atoms with Crippen molar-refractivity contribution in [3.05, 3.63) is 0 Å². The lowest BCUT2D eigenvalue weighted by molar-refractivity contribution is -0.396. The van der Waals surface area contributed by atoms with E-state index in [2.05, 4.69) is 12.8 Å². The van der Waals surface area contributed by atoms with Crippen LogP contribution in [0.5, 0.6) is 0 Å². The molecule has 0 saturated heterocycles. The van der Waals surface area contributed by atoms with Gasteiger partial charge in [0.2, 0.25) is 0 Å². The molecular weight excluding hydrogens is 402 g/mol. The molecule has 0 aromatic heterocycles. The summed E-state index contributed by atoms with van der Waals surface area (Å²) in [5, 5.41) is 0. The lowest BCUT2D eigenvalue weighted by Crippen LogP contribution is -2.60. The molecule has 0 radical (unpaired) electrons. The van der Waals surface area contributed by atoms with Crippen LogP contribution in [0.25, 0.3) is 0 Å². The molecule has 0 N–H and O–H groups in total. The summed E-state index contributed by atoms with van der Waals surface area (Å²) in [5.74, 6) is -19.2. The standard InChI is InChI=1S/C6H4Cl3F9Si.C2H2/c7-19(8,9)2-1-3(10,11)4(12,13)5(14,15)6(16,17)18;1-2/h1-2H2;1-2H. The van der Waals surface area contributed by atoms with Gasteiger partial charge in [0, 0.05) is 6.42 Å². The SMILES string of the molecule is C#C.FC(F)(F)C(F)(F)C(F)(F)C(F)(F)CC[Si](Cl)(Cl)Cl. The van der Waals surface area contributed by atoms with Crippen molar-refractivity contribution in [1.82, 2.24) is 0 Å². The van der Waals surface area contributed by atoms with Crippen LogP contribution >= 0.6 is 33.2 Å². The summed E-state index contributed by atoms with van der Waals surface area (Å²) in [7, 11) is 0. The molecule has 0 aliphatic heterocycles. The zero-order valence-electron chi connectivity index (χ0n) is 9.60. The molecule has 0 spiro atoms. The van der Waals surface area contributed by atoms with Crippen molar-refractivity contribution in [2.45, 2.75) is 36.4 Å². The Morgan fingerprint density at radius 3 is 1.29 bits per heavy atom. The van der Waals surface area contributed by atoms with Gasteiger partial charge in [0.05, 0.1) is 0 Å². The lowest BCUT2D eigenvalue weighted by Gasteiger charge is -2.33. The molecule has 0 bridgehead atoms. The van der Waals surface area contributed by atoms with Crippen LogP contribution in [-0.2, 0) is 0 Å². The molecule has 0 saturated carbocycles. The van der Waals surface area contributed by atoms with Gasteiger partial charge in [0.1, 0.15) is 0 Å². The topological polar surface area (TPSA) is 0 Å². The van der Waals surface area contributed by atoms with Crippen LogP contribution in [-0.4, -0.2) is 29.9 Å². The van der Waals surface area contributed by atoms with Crippen LogP contribution in [0.4, 0.5) is 39.5 Å². The van der Waals surface area contributed by atoms with Crippen molar-refractivity contribution in [3.63, 3.8) is 0 Å². The minimum absolute atomic E-state index is 1.20. The summed E-state index contributed by atoms with van der Waals surface area (Å²) in [6.07, 6.45) is -0.939. The van der Waals surface area contributed by atoms with Gasteiger partial charge < -0.3 is 0 Å². The van der Waals surface area contributed by atoms with E-state index >= 15 is 0 Å².